The first kappa shape index (κ1) is 14.2. The predicted molar refractivity (Wildman–Crippen MR) is 89.9 cm³/mol. The minimum atomic E-state index is -0.0578. The monoisotopic (exact) mass is 308 g/mol. The van der Waals surface area contributed by atoms with E-state index < -0.39 is 0 Å². The maximum absolute atomic E-state index is 12.8. The number of amides is 1. The Hall–Kier alpha value is -2.43. The minimum absolute atomic E-state index is 0.0578. The van der Waals surface area contributed by atoms with Gasteiger partial charge >= 0.3 is 0 Å². The maximum Gasteiger partial charge on any atom is 0.278 e. The van der Waals surface area contributed by atoms with Crippen molar-refractivity contribution in [2.45, 2.75) is 25.7 Å². The average Bonchev–Trinajstić information content (AvgIpc) is 3.15. The fraction of sp³-hybridized carbons (Fsp3) is 0.389. The lowest BCUT2D eigenvalue weighted by molar-refractivity contribution is 0.0980. The van der Waals surface area contributed by atoms with Crippen LogP contribution in [0, 0.1) is 0 Å². The Bertz CT molecular complexity index is 707. The highest BCUT2D eigenvalue weighted by atomic mass is 16.2. The van der Waals surface area contributed by atoms with Crippen molar-refractivity contribution in [1.29, 1.82) is 0 Å². The van der Waals surface area contributed by atoms with Crippen molar-refractivity contribution in [2.24, 2.45) is 0 Å². The molecule has 0 atom stereocenters. The number of para-hydroxylation sites is 1. The van der Waals surface area contributed by atoms with Gasteiger partial charge in [0.2, 0.25) is 0 Å². The van der Waals surface area contributed by atoms with Gasteiger partial charge in [0.1, 0.15) is 11.5 Å². The zero-order valence-electron chi connectivity index (χ0n) is 13.1. The Morgan fingerprint density at radius 3 is 2.57 bits per heavy atom. The van der Waals surface area contributed by atoms with E-state index in [9.17, 15) is 4.79 Å². The lowest BCUT2D eigenvalue weighted by atomic mass is 10.0. The van der Waals surface area contributed by atoms with Gasteiger partial charge in [0.15, 0.2) is 0 Å². The summed E-state index contributed by atoms with van der Waals surface area (Å²) in [6.07, 6.45) is 7.77. The number of anilines is 2. The lowest BCUT2D eigenvalue weighted by Gasteiger charge is -2.29. The molecule has 118 valence electrons. The first-order chi connectivity index (χ1) is 11.3. The number of carbonyl (C=O) groups excluding carboxylic acids is 1. The zero-order chi connectivity index (χ0) is 15.6. The lowest BCUT2D eigenvalue weighted by Crippen LogP contribution is -2.36. The van der Waals surface area contributed by atoms with Crippen LogP contribution in [0.4, 0.5) is 11.5 Å². The quantitative estimate of drug-likeness (QED) is 0.856. The normalized spacial score (nSPS) is 17.2. The van der Waals surface area contributed by atoms with Crippen molar-refractivity contribution in [2.75, 3.05) is 29.4 Å². The van der Waals surface area contributed by atoms with E-state index in [2.05, 4.69) is 20.9 Å². The number of benzene rings is 1. The highest BCUT2D eigenvalue weighted by Gasteiger charge is 2.24. The molecule has 1 saturated heterocycles. The topological polar surface area (TPSA) is 49.3 Å². The number of hydrogen-bond donors (Lipinski definition) is 0. The van der Waals surface area contributed by atoms with Gasteiger partial charge in [-0.3, -0.25) is 4.79 Å². The molecule has 4 rings (SSSR count). The molecule has 3 heterocycles. The zero-order valence-corrected chi connectivity index (χ0v) is 13.1. The van der Waals surface area contributed by atoms with Crippen LogP contribution in [0.25, 0.3) is 0 Å². The van der Waals surface area contributed by atoms with Crippen LogP contribution in [0.1, 0.15) is 35.3 Å². The average molecular weight is 308 g/mol. The van der Waals surface area contributed by atoms with E-state index in [0.717, 1.165) is 44.0 Å². The smallest absolute Gasteiger partial charge is 0.278 e. The Kier molecular flexibility index (Phi) is 3.69. The standard InChI is InChI=1S/C18H20N4O/c23-18(22-11-5-7-14-6-1-2-8-16(14)22)15-12-20-17(13-19-15)21-9-3-4-10-21/h1-2,6,8,12-13H,3-5,7,9-11H2. The van der Waals surface area contributed by atoms with Gasteiger partial charge in [-0.2, -0.15) is 0 Å². The number of hydrogen-bond acceptors (Lipinski definition) is 4. The summed E-state index contributed by atoms with van der Waals surface area (Å²) in [5, 5.41) is 0. The molecule has 0 N–H and O–H groups in total. The third-order valence-corrected chi connectivity index (χ3v) is 4.64. The molecule has 5 nitrogen and oxygen atoms in total. The molecule has 0 saturated carbocycles. The largest absolute Gasteiger partial charge is 0.355 e. The number of nitrogens with zero attached hydrogens (tertiary/aromatic N) is 4. The predicted octanol–water partition coefficient (Wildman–Crippen LogP) is 2.67. The van der Waals surface area contributed by atoms with E-state index in [1.165, 1.54) is 18.4 Å². The summed E-state index contributed by atoms with van der Waals surface area (Å²) in [7, 11) is 0. The van der Waals surface area contributed by atoms with Crippen LogP contribution in [0.5, 0.6) is 0 Å². The molecule has 0 bridgehead atoms. The van der Waals surface area contributed by atoms with E-state index in [0.29, 0.717) is 5.69 Å². The van der Waals surface area contributed by atoms with Crippen molar-refractivity contribution in [1.82, 2.24) is 9.97 Å². The van der Waals surface area contributed by atoms with Gasteiger partial charge in [0.05, 0.1) is 12.4 Å². The molecule has 0 spiro atoms. The summed E-state index contributed by atoms with van der Waals surface area (Å²) in [6, 6.07) is 8.11. The van der Waals surface area contributed by atoms with Crippen LogP contribution in [-0.4, -0.2) is 35.5 Å². The van der Waals surface area contributed by atoms with Gasteiger partial charge in [-0.05, 0) is 37.3 Å². The molecule has 1 amide bonds. The molecule has 2 aromatic rings. The van der Waals surface area contributed by atoms with Gasteiger partial charge in [0, 0.05) is 25.3 Å². The van der Waals surface area contributed by atoms with Crippen molar-refractivity contribution in [3.63, 3.8) is 0 Å². The Morgan fingerprint density at radius 2 is 1.78 bits per heavy atom. The Labute approximate surface area is 136 Å². The molecular formula is C18H20N4O. The molecular weight excluding hydrogens is 288 g/mol. The molecule has 0 unspecified atom stereocenters. The second-order valence-electron chi connectivity index (χ2n) is 6.14. The summed E-state index contributed by atoms with van der Waals surface area (Å²) in [5.41, 5.74) is 2.66. The number of aryl methyl sites for hydroxylation is 1. The highest BCUT2D eigenvalue weighted by Crippen LogP contribution is 2.28. The van der Waals surface area contributed by atoms with E-state index >= 15 is 0 Å². The van der Waals surface area contributed by atoms with Crippen molar-refractivity contribution < 1.29 is 4.79 Å². The molecule has 5 heteroatoms. The minimum Gasteiger partial charge on any atom is -0.355 e. The van der Waals surface area contributed by atoms with Gasteiger partial charge in [-0.15, -0.1) is 0 Å². The molecule has 0 radical (unpaired) electrons. The first-order valence-electron chi connectivity index (χ1n) is 8.30. The molecule has 1 fully saturated rings. The maximum atomic E-state index is 12.8. The number of aromatic nitrogens is 2. The Morgan fingerprint density at radius 1 is 0.957 bits per heavy atom. The van der Waals surface area contributed by atoms with E-state index in [1.807, 2.05) is 23.1 Å². The van der Waals surface area contributed by atoms with Crippen LogP contribution >= 0.6 is 0 Å². The van der Waals surface area contributed by atoms with Gasteiger partial charge in [-0.1, -0.05) is 18.2 Å². The summed E-state index contributed by atoms with van der Waals surface area (Å²) >= 11 is 0. The third-order valence-electron chi connectivity index (χ3n) is 4.64. The molecule has 2 aliphatic rings. The molecule has 2 aliphatic heterocycles. The second kappa shape index (κ2) is 5.99. The van der Waals surface area contributed by atoms with Gasteiger partial charge < -0.3 is 9.80 Å². The first-order valence-corrected chi connectivity index (χ1v) is 8.30. The highest BCUT2D eigenvalue weighted by molar-refractivity contribution is 6.05. The fourth-order valence-electron chi connectivity index (χ4n) is 3.42. The molecule has 1 aromatic carbocycles. The van der Waals surface area contributed by atoms with Crippen LogP contribution in [0.15, 0.2) is 36.7 Å². The third kappa shape index (κ3) is 2.67. The van der Waals surface area contributed by atoms with Crippen molar-refractivity contribution in [3.05, 3.63) is 47.9 Å². The van der Waals surface area contributed by atoms with E-state index in [1.54, 1.807) is 12.4 Å². The summed E-state index contributed by atoms with van der Waals surface area (Å²) < 4.78 is 0. The summed E-state index contributed by atoms with van der Waals surface area (Å²) in [4.78, 5) is 25.7. The number of rotatable bonds is 2. The number of fused-ring (bicyclic) bond motifs is 1. The second-order valence-corrected chi connectivity index (χ2v) is 6.14. The van der Waals surface area contributed by atoms with Crippen LogP contribution in [0.2, 0.25) is 0 Å². The van der Waals surface area contributed by atoms with E-state index in [-0.39, 0.29) is 5.91 Å². The van der Waals surface area contributed by atoms with E-state index in [4.69, 9.17) is 0 Å². The van der Waals surface area contributed by atoms with Crippen molar-refractivity contribution >= 4 is 17.4 Å². The molecule has 0 aliphatic carbocycles. The molecule has 1 aromatic heterocycles. The SMILES string of the molecule is O=C(c1cnc(N2CCCC2)cn1)N1CCCc2ccccc21. The van der Waals surface area contributed by atoms with Crippen LogP contribution < -0.4 is 9.80 Å². The van der Waals surface area contributed by atoms with Crippen LogP contribution in [0.3, 0.4) is 0 Å². The summed E-state index contributed by atoms with van der Waals surface area (Å²) in [5.74, 6) is 0.815. The number of carbonyl (C=O) groups is 1. The van der Waals surface area contributed by atoms with Gasteiger partial charge in [0.25, 0.3) is 5.91 Å². The summed E-state index contributed by atoms with van der Waals surface area (Å²) in [6.45, 7) is 2.80. The fourth-order valence-corrected chi connectivity index (χ4v) is 3.42. The molecule has 23 heavy (non-hydrogen) atoms. The van der Waals surface area contributed by atoms with Gasteiger partial charge in [-0.25, -0.2) is 9.97 Å². The Balaban J connectivity index is 1.57. The van der Waals surface area contributed by atoms with Crippen LogP contribution in [-0.2, 0) is 6.42 Å². The van der Waals surface area contributed by atoms with Crippen molar-refractivity contribution in [3.8, 4) is 0 Å².